The summed E-state index contributed by atoms with van der Waals surface area (Å²) in [4.78, 5) is 14.0. The number of halogens is 2. The van der Waals surface area contributed by atoms with Gasteiger partial charge in [0.25, 0.3) is 0 Å². The zero-order chi connectivity index (χ0) is 21.8. The van der Waals surface area contributed by atoms with E-state index in [1.165, 1.54) is 17.7 Å². The Morgan fingerprint density at radius 3 is 2.81 bits per heavy atom. The molecule has 0 atom stereocenters. The minimum absolute atomic E-state index is 0.254. The molecule has 0 radical (unpaired) electrons. The molecule has 160 valence electrons. The van der Waals surface area contributed by atoms with Crippen molar-refractivity contribution in [2.24, 2.45) is 0 Å². The van der Waals surface area contributed by atoms with Gasteiger partial charge in [-0.3, -0.25) is 4.52 Å². The first-order chi connectivity index (χ1) is 15.0. The molecule has 0 spiro atoms. The molecule has 0 bridgehead atoms. The van der Waals surface area contributed by atoms with Crippen molar-refractivity contribution in [3.63, 3.8) is 0 Å². The highest BCUT2D eigenvalue weighted by Gasteiger charge is 2.19. The van der Waals surface area contributed by atoms with Crippen LogP contribution in [0.5, 0.6) is 11.8 Å². The topological polar surface area (TPSA) is 106 Å². The summed E-state index contributed by atoms with van der Waals surface area (Å²) in [6, 6.07) is 9.17. The summed E-state index contributed by atoms with van der Waals surface area (Å²) in [6.07, 6.45) is 1.71. The molecule has 31 heavy (non-hydrogen) atoms. The number of aromatic nitrogens is 4. The number of nitrogens with zero attached hydrogens (tertiary/aromatic N) is 4. The van der Waals surface area contributed by atoms with E-state index in [0.29, 0.717) is 51.8 Å². The lowest BCUT2D eigenvalue weighted by molar-refractivity contribution is 0.267. The van der Waals surface area contributed by atoms with Gasteiger partial charge in [0.2, 0.25) is 5.82 Å². The van der Waals surface area contributed by atoms with Gasteiger partial charge in [-0.05, 0) is 31.0 Å². The van der Waals surface area contributed by atoms with E-state index in [4.69, 9.17) is 27.9 Å². The van der Waals surface area contributed by atoms with Crippen LogP contribution in [-0.4, -0.2) is 38.4 Å². The van der Waals surface area contributed by atoms with Crippen LogP contribution in [0, 0.1) is 0 Å². The van der Waals surface area contributed by atoms with Gasteiger partial charge in [0.15, 0.2) is 0 Å². The molecule has 0 saturated carbocycles. The first-order valence-electron chi connectivity index (χ1n) is 9.33. The van der Waals surface area contributed by atoms with Gasteiger partial charge in [0.1, 0.15) is 22.8 Å². The van der Waals surface area contributed by atoms with Crippen molar-refractivity contribution in [2.45, 2.75) is 13.3 Å². The van der Waals surface area contributed by atoms with Crippen LogP contribution in [-0.2, 0) is 6.42 Å². The van der Waals surface area contributed by atoms with Gasteiger partial charge in [-0.25, -0.2) is 9.97 Å². The highest BCUT2D eigenvalue weighted by atomic mass is 35.5. The van der Waals surface area contributed by atoms with Gasteiger partial charge in [0.05, 0.1) is 17.2 Å². The highest BCUT2D eigenvalue weighted by Crippen LogP contribution is 2.41. The molecule has 0 amide bonds. The Bertz CT molecular complexity index is 1200. The molecular formula is C20H17Cl2N5O3S. The molecule has 2 N–H and O–H groups in total. The fourth-order valence-electron chi connectivity index (χ4n) is 2.87. The third kappa shape index (κ3) is 5.07. The molecule has 4 aromatic rings. The maximum absolute atomic E-state index is 9.37. The third-order valence-corrected chi connectivity index (χ3v) is 5.97. The lowest BCUT2D eigenvalue weighted by Gasteiger charge is -2.08. The monoisotopic (exact) mass is 477 g/mol. The first-order valence-corrected chi connectivity index (χ1v) is 10.9. The zero-order valence-electron chi connectivity index (χ0n) is 16.3. The molecule has 0 fully saturated rings. The molecule has 11 heteroatoms. The second-order valence-electron chi connectivity index (χ2n) is 6.34. The summed E-state index contributed by atoms with van der Waals surface area (Å²) in [6.45, 7) is 2.99. The Kier molecular flexibility index (Phi) is 6.55. The number of thiophene rings is 1. The Hall–Kier alpha value is -2.88. The molecule has 0 aliphatic carbocycles. The average Bonchev–Trinajstić information content (AvgIpc) is 3.36. The molecule has 0 saturated heterocycles. The standard InChI is InChI=1S/C20H17Cl2N5O3S/c1-2-29-15-9-16(31-18(15)19-26-20(28)30-27-19)14-8-17(25-10-24-14)23-6-5-11-3-4-12(21)7-13(11)22/h3-4,7-10H,2,5-6H2,1H3,(H,23,24,25)(H,26,27,28). The van der Waals surface area contributed by atoms with Crippen molar-refractivity contribution >= 4 is 40.4 Å². The van der Waals surface area contributed by atoms with Crippen molar-refractivity contribution in [2.75, 3.05) is 18.5 Å². The van der Waals surface area contributed by atoms with Gasteiger partial charge in [0, 0.05) is 28.7 Å². The quantitative estimate of drug-likeness (QED) is 0.351. The van der Waals surface area contributed by atoms with E-state index in [2.05, 4.69) is 29.9 Å². The van der Waals surface area contributed by atoms with Crippen LogP contribution in [0.4, 0.5) is 5.82 Å². The summed E-state index contributed by atoms with van der Waals surface area (Å²) in [7, 11) is 0. The van der Waals surface area contributed by atoms with Crippen LogP contribution < -0.4 is 10.1 Å². The summed E-state index contributed by atoms with van der Waals surface area (Å²) < 4.78 is 10.4. The fraction of sp³-hybridized carbons (Fsp3) is 0.200. The minimum atomic E-state index is -0.498. The molecule has 1 aromatic carbocycles. The SMILES string of the molecule is CCOc1cc(-c2cc(NCCc3ccc(Cl)cc3Cl)ncn2)sc1-c1noc(O)n1. The molecule has 3 heterocycles. The van der Waals surface area contributed by atoms with Crippen LogP contribution in [0.15, 0.2) is 41.2 Å². The van der Waals surface area contributed by atoms with Crippen LogP contribution in [0.1, 0.15) is 12.5 Å². The van der Waals surface area contributed by atoms with E-state index in [9.17, 15) is 5.11 Å². The first kappa shape index (κ1) is 21.4. The number of nitrogens with one attached hydrogen (secondary N) is 1. The van der Waals surface area contributed by atoms with Crippen LogP contribution in [0.25, 0.3) is 21.3 Å². The Morgan fingerprint density at radius 1 is 1.19 bits per heavy atom. The summed E-state index contributed by atoms with van der Waals surface area (Å²) in [5.41, 5.74) is 1.72. The van der Waals surface area contributed by atoms with E-state index in [1.54, 1.807) is 6.07 Å². The van der Waals surface area contributed by atoms with Crippen LogP contribution in [0.3, 0.4) is 0 Å². The molecule has 3 aromatic heterocycles. The number of hydrogen-bond acceptors (Lipinski definition) is 9. The minimum Gasteiger partial charge on any atom is -0.492 e. The Labute approximate surface area is 191 Å². The van der Waals surface area contributed by atoms with Crippen LogP contribution >= 0.6 is 34.5 Å². The second-order valence-corrected chi connectivity index (χ2v) is 8.23. The molecule has 4 rings (SSSR count). The maximum Gasteiger partial charge on any atom is 0.415 e. The van der Waals surface area contributed by atoms with Gasteiger partial charge >= 0.3 is 6.08 Å². The number of ether oxygens (including phenoxy) is 1. The number of rotatable bonds is 8. The van der Waals surface area contributed by atoms with Crippen molar-refractivity contribution in [1.82, 2.24) is 20.1 Å². The lowest BCUT2D eigenvalue weighted by atomic mass is 10.1. The zero-order valence-corrected chi connectivity index (χ0v) is 18.6. The largest absolute Gasteiger partial charge is 0.492 e. The van der Waals surface area contributed by atoms with E-state index in [-0.39, 0.29) is 5.82 Å². The maximum atomic E-state index is 9.37. The van der Waals surface area contributed by atoms with Crippen molar-refractivity contribution < 1.29 is 14.4 Å². The number of benzene rings is 1. The van der Waals surface area contributed by atoms with E-state index < -0.39 is 6.08 Å². The van der Waals surface area contributed by atoms with Gasteiger partial charge in [-0.2, -0.15) is 4.98 Å². The third-order valence-electron chi connectivity index (χ3n) is 4.25. The van der Waals surface area contributed by atoms with Crippen molar-refractivity contribution in [3.05, 3.63) is 52.3 Å². The van der Waals surface area contributed by atoms with E-state index in [0.717, 1.165) is 10.4 Å². The number of aromatic hydroxyl groups is 1. The number of hydrogen-bond donors (Lipinski definition) is 2. The Morgan fingerprint density at radius 2 is 2.06 bits per heavy atom. The van der Waals surface area contributed by atoms with Crippen LogP contribution in [0.2, 0.25) is 10.0 Å². The van der Waals surface area contributed by atoms with Gasteiger partial charge < -0.3 is 15.2 Å². The second kappa shape index (κ2) is 9.51. The van der Waals surface area contributed by atoms with E-state index in [1.807, 2.05) is 31.2 Å². The predicted octanol–water partition coefficient (Wildman–Crippen LogP) is 5.32. The normalized spacial score (nSPS) is 10.9. The predicted molar refractivity (Wildman–Crippen MR) is 120 cm³/mol. The molecule has 0 aliphatic rings. The smallest absolute Gasteiger partial charge is 0.415 e. The molecule has 0 unspecified atom stereocenters. The summed E-state index contributed by atoms with van der Waals surface area (Å²) >= 11 is 13.6. The highest BCUT2D eigenvalue weighted by molar-refractivity contribution is 7.19. The average molecular weight is 478 g/mol. The molecule has 0 aliphatic heterocycles. The van der Waals surface area contributed by atoms with E-state index >= 15 is 0 Å². The van der Waals surface area contributed by atoms with Crippen molar-refractivity contribution in [1.29, 1.82) is 0 Å². The molecule has 8 nitrogen and oxygen atoms in total. The van der Waals surface area contributed by atoms with Crippen molar-refractivity contribution in [3.8, 4) is 33.1 Å². The summed E-state index contributed by atoms with van der Waals surface area (Å²) in [5.74, 6) is 1.53. The Balaban J connectivity index is 1.51. The summed E-state index contributed by atoms with van der Waals surface area (Å²) in [5, 5.41) is 17.7. The lowest BCUT2D eigenvalue weighted by Crippen LogP contribution is -2.07. The fourth-order valence-corrected chi connectivity index (χ4v) is 4.36. The van der Waals surface area contributed by atoms with Gasteiger partial charge in [-0.15, -0.1) is 11.3 Å². The number of anilines is 1. The van der Waals surface area contributed by atoms with Gasteiger partial charge in [-0.1, -0.05) is 34.4 Å². The molecular weight excluding hydrogens is 461 g/mol.